The topological polar surface area (TPSA) is 77.1 Å². The second kappa shape index (κ2) is 6.08. The van der Waals surface area contributed by atoms with Crippen molar-refractivity contribution in [1.82, 2.24) is 15.2 Å². The molecule has 23 heavy (non-hydrogen) atoms. The average Bonchev–Trinajstić information content (AvgIpc) is 2.95. The normalized spacial score (nSPS) is 10.7. The predicted octanol–water partition coefficient (Wildman–Crippen LogP) is 3.12. The number of aryl methyl sites for hydroxylation is 1. The van der Waals surface area contributed by atoms with Gasteiger partial charge in [0.25, 0.3) is 0 Å². The van der Waals surface area contributed by atoms with Gasteiger partial charge in [0.15, 0.2) is 5.65 Å². The van der Waals surface area contributed by atoms with E-state index in [4.69, 9.17) is 9.47 Å². The van der Waals surface area contributed by atoms with Crippen LogP contribution in [0.4, 0.5) is 0 Å². The van der Waals surface area contributed by atoms with Gasteiger partial charge in [-0.2, -0.15) is 5.10 Å². The van der Waals surface area contributed by atoms with Crippen molar-refractivity contribution in [1.29, 1.82) is 0 Å². The van der Waals surface area contributed by atoms with Crippen molar-refractivity contribution in [2.24, 2.45) is 0 Å². The molecule has 118 valence electrons. The van der Waals surface area contributed by atoms with Crippen LogP contribution in [0.15, 0.2) is 30.3 Å². The minimum absolute atomic E-state index is 0.317. The van der Waals surface area contributed by atoms with Gasteiger partial charge in [-0.15, -0.1) is 0 Å². The first-order chi connectivity index (χ1) is 11.1. The molecule has 0 saturated heterocycles. The summed E-state index contributed by atoms with van der Waals surface area (Å²) in [6.07, 6.45) is 0. The molecule has 0 aliphatic carbocycles. The van der Waals surface area contributed by atoms with Crippen LogP contribution in [0, 0.1) is 6.92 Å². The number of ether oxygens (including phenoxy) is 2. The van der Waals surface area contributed by atoms with E-state index in [0.29, 0.717) is 28.9 Å². The Hall–Kier alpha value is -2.89. The number of methoxy groups -OCH3 is 1. The molecule has 0 bridgehead atoms. The summed E-state index contributed by atoms with van der Waals surface area (Å²) < 4.78 is 10.3. The van der Waals surface area contributed by atoms with Gasteiger partial charge in [0.2, 0.25) is 0 Å². The second-order valence-corrected chi connectivity index (χ2v) is 5.05. The first kappa shape index (κ1) is 15.0. The van der Waals surface area contributed by atoms with E-state index in [9.17, 15) is 4.79 Å². The lowest BCUT2D eigenvalue weighted by Crippen LogP contribution is -2.06. The van der Waals surface area contributed by atoms with Gasteiger partial charge in [-0.05, 0) is 44.2 Å². The van der Waals surface area contributed by atoms with Crippen molar-refractivity contribution in [3.8, 4) is 17.0 Å². The number of H-pyrrole nitrogens is 1. The zero-order valence-corrected chi connectivity index (χ0v) is 13.2. The van der Waals surface area contributed by atoms with Crippen LogP contribution in [0.1, 0.15) is 23.0 Å². The van der Waals surface area contributed by atoms with E-state index >= 15 is 0 Å². The number of benzene rings is 1. The van der Waals surface area contributed by atoms with Crippen LogP contribution >= 0.6 is 0 Å². The van der Waals surface area contributed by atoms with Gasteiger partial charge >= 0.3 is 5.97 Å². The molecule has 1 N–H and O–H groups in total. The number of rotatable bonds is 4. The van der Waals surface area contributed by atoms with Crippen molar-refractivity contribution in [2.75, 3.05) is 13.7 Å². The summed E-state index contributed by atoms with van der Waals surface area (Å²) in [6.45, 7) is 3.95. The van der Waals surface area contributed by atoms with Crippen molar-refractivity contribution in [3.05, 3.63) is 41.6 Å². The molecule has 0 unspecified atom stereocenters. The third-order valence-corrected chi connectivity index (χ3v) is 3.59. The number of hydrogen-bond acceptors (Lipinski definition) is 5. The van der Waals surface area contributed by atoms with Gasteiger partial charge < -0.3 is 9.47 Å². The molecule has 0 spiro atoms. The lowest BCUT2D eigenvalue weighted by molar-refractivity contribution is 0.0528. The molecular formula is C17H17N3O3. The van der Waals surface area contributed by atoms with Crippen molar-refractivity contribution >= 4 is 17.0 Å². The highest BCUT2D eigenvalue weighted by molar-refractivity contribution is 6.04. The molecule has 0 aliphatic heterocycles. The lowest BCUT2D eigenvalue weighted by Gasteiger charge is -2.07. The molecule has 3 rings (SSSR count). The SMILES string of the molecule is CCOC(=O)c1cc(-c2ccc(OC)cc2)nc2n[nH]c(C)c12. The van der Waals surface area contributed by atoms with E-state index in [0.717, 1.165) is 17.0 Å². The second-order valence-electron chi connectivity index (χ2n) is 5.05. The van der Waals surface area contributed by atoms with Crippen LogP contribution in [-0.4, -0.2) is 34.9 Å². The first-order valence-electron chi connectivity index (χ1n) is 7.31. The van der Waals surface area contributed by atoms with Crippen molar-refractivity contribution in [2.45, 2.75) is 13.8 Å². The largest absolute Gasteiger partial charge is 0.497 e. The molecular weight excluding hydrogens is 294 g/mol. The number of nitrogens with one attached hydrogen (secondary N) is 1. The molecule has 3 aromatic rings. The number of aromatic amines is 1. The van der Waals surface area contributed by atoms with Crippen LogP contribution in [-0.2, 0) is 4.74 Å². The summed E-state index contributed by atoms with van der Waals surface area (Å²) in [5.41, 5.74) is 3.29. The number of pyridine rings is 1. The highest BCUT2D eigenvalue weighted by Gasteiger charge is 2.18. The molecule has 0 aliphatic rings. The number of fused-ring (bicyclic) bond motifs is 1. The molecule has 6 heteroatoms. The van der Waals surface area contributed by atoms with E-state index in [2.05, 4.69) is 15.2 Å². The Labute approximate surface area is 133 Å². The predicted molar refractivity (Wildman–Crippen MR) is 86.6 cm³/mol. The quantitative estimate of drug-likeness (QED) is 0.749. The maximum Gasteiger partial charge on any atom is 0.339 e. The summed E-state index contributed by atoms with van der Waals surface area (Å²) in [5, 5.41) is 7.74. The van der Waals surface area contributed by atoms with Crippen LogP contribution in [0.3, 0.4) is 0 Å². The van der Waals surface area contributed by atoms with Crippen LogP contribution < -0.4 is 4.74 Å². The zero-order valence-electron chi connectivity index (χ0n) is 13.2. The van der Waals surface area contributed by atoms with Crippen LogP contribution in [0.2, 0.25) is 0 Å². The summed E-state index contributed by atoms with van der Waals surface area (Å²) in [4.78, 5) is 16.8. The minimum atomic E-state index is -0.376. The molecule has 0 atom stereocenters. The van der Waals surface area contributed by atoms with E-state index in [1.807, 2.05) is 31.2 Å². The number of hydrogen-bond donors (Lipinski definition) is 1. The third-order valence-electron chi connectivity index (χ3n) is 3.59. The average molecular weight is 311 g/mol. The number of carbonyl (C=O) groups is 1. The number of esters is 1. The monoisotopic (exact) mass is 311 g/mol. The standard InChI is InChI=1S/C17H17N3O3/c1-4-23-17(21)13-9-14(11-5-7-12(22-3)8-6-11)18-16-15(13)10(2)19-20-16/h5-9H,4H2,1-3H3,(H,18,19,20). The van der Waals surface area contributed by atoms with Crippen molar-refractivity contribution < 1.29 is 14.3 Å². The van der Waals surface area contributed by atoms with Crippen LogP contribution in [0.25, 0.3) is 22.3 Å². The fourth-order valence-electron chi connectivity index (χ4n) is 2.45. The van der Waals surface area contributed by atoms with E-state index in [-0.39, 0.29) is 5.97 Å². The van der Waals surface area contributed by atoms with E-state index in [1.54, 1.807) is 20.1 Å². The Balaban J connectivity index is 2.16. The summed E-state index contributed by atoms with van der Waals surface area (Å²) in [6, 6.07) is 9.22. The number of aromatic nitrogens is 3. The van der Waals surface area contributed by atoms with Gasteiger partial charge in [0, 0.05) is 11.3 Å². The maximum atomic E-state index is 12.3. The number of nitrogens with zero attached hydrogens (tertiary/aromatic N) is 2. The highest BCUT2D eigenvalue weighted by atomic mass is 16.5. The molecule has 0 saturated carbocycles. The number of carbonyl (C=O) groups excluding carboxylic acids is 1. The minimum Gasteiger partial charge on any atom is -0.497 e. The third kappa shape index (κ3) is 2.75. The smallest absolute Gasteiger partial charge is 0.339 e. The fraction of sp³-hybridized carbons (Fsp3) is 0.235. The van der Waals surface area contributed by atoms with Gasteiger partial charge in [-0.1, -0.05) is 0 Å². The highest BCUT2D eigenvalue weighted by Crippen LogP contribution is 2.27. The van der Waals surface area contributed by atoms with E-state index in [1.165, 1.54) is 0 Å². The Morgan fingerprint density at radius 3 is 2.65 bits per heavy atom. The van der Waals surface area contributed by atoms with Crippen molar-refractivity contribution in [3.63, 3.8) is 0 Å². The molecule has 2 heterocycles. The van der Waals surface area contributed by atoms with E-state index < -0.39 is 0 Å². The summed E-state index contributed by atoms with van der Waals surface area (Å²) >= 11 is 0. The first-order valence-corrected chi connectivity index (χ1v) is 7.31. The molecule has 1 aromatic carbocycles. The zero-order chi connectivity index (χ0) is 16.4. The Morgan fingerprint density at radius 1 is 1.26 bits per heavy atom. The van der Waals surface area contributed by atoms with Gasteiger partial charge in [0.1, 0.15) is 5.75 Å². The fourth-order valence-corrected chi connectivity index (χ4v) is 2.45. The lowest BCUT2D eigenvalue weighted by atomic mass is 10.1. The Bertz CT molecular complexity index is 853. The molecule has 2 aromatic heterocycles. The molecule has 0 amide bonds. The van der Waals surface area contributed by atoms with Gasteiger partial charge in [-0.3, -0.25) is 5.10 Å². The van der Waals surface area contributed by atoms with Crippen LogP contribution in [0.5, 0.6) is 5.75 Å². The Morgan fingerprint density at radius 2 is 2.00 bits per heavy atom. The summed E-state index contributed by atoms with van der Waals surface area (Å²) in [5.74, 6) is 0.384. The van der Waals surface area contributed by atoms with Gasteiger partial charge in [0.05, 0.1) is 30.4 Å². The molecule has 0 fully saturated rings. The molecule has 6 nitrogen and oxygen atoms in total. The Kier molecular flexibility index (Phi) is 3.97. The van der Waals surface area contributed by atoms with Gasteiger partial charge in [-0.25, -0.2) is 9.78 Å². The maximum absolute atomic E-state index is 12.3. The summed E-state index contributed by atoms with van der Waals surface area (Å²) in [7, 11) is 1.62. The molecule has 0 radical (unpaired) electrons.